The Hall–Kier alpha value is -3.40. The molecule has 2 radical (unpaired) electrons. The lowest BCUT2D eigenvalue weighted by Crippen LogP contribution is -2.41. The molecule has 3 aromatic carbocycles. The van der Waals surface area contributed by atoms with Crippen LogP contribution in [0.2, 0.25) is 5.02 Å². The number of rotatable bonds is 13. The molecule has 1 amide bonds. The van der Waals surface area contributed by atoms with Crippen molar-refractivity contribution in [1.29, 1.82) is 0 Å². The van der Waals surface area contributed by atoms with Crippen molar-refractivity contribution in [3.05, 3.63) is 111 Å². The second-order valence-corrected chi connectivity index (χ2v) is 11.3. The van der Waals surface area contributed by atoms with Gasteiger partial charge < -0.3 is 14.4 Å². The smallest absolute Gasteiger partial charge is 0.266 e. The van der Waals surface area contributed by atoms with Gasteiger partial charge in [0.1, 0.15) is 20.2 Å². The molecule has 10 heteroatoms. The van der Waals surface area contributed by atoms with Crippen LogP contribution in [0.3, 0.4) is 0 Å². The molecule has 0 aliphatic carbocycles. The Balaban J connectivity index is 1.53. The summed E-state index contributed by atoms with van der Waals surface area (Å²) in [5.74, 6) is 0.0231. The van der Waals surface area contributed by atoms with Crippen LogP contribution in [0, 0.1) is 5.82 Å². The first kappa shape index (κ1) is 31.5. The molecule has 0 fully saturated rings. The number of likely N-dealkylation sites (N-methyl/N-ethyl adjacent to an activating group) is 1. The first-order valence-electron chi connectivity index (χ1n) is 13.8. The Kier molecular flexibility index (Phi) is 11.4. The lowest BCUT2D eigenvalue weighted by molar-refractivity contribution is -0.132. The minimum absolute atomic E-state index is 0.0235. The van der Waals surface area contributed by atoms with Crippen LogP contribution in [-0.4, -0.2) is 59.3 Å². The molecule has 0 aliphatic heterocycles. The van der Waals surface area contributed by atoms with Crippen LogP contribution in [0.4, 0.5) is 4.39 Å². The summed E-state index contributed by atoms with van der Waals surface area (Å²) in [6, 6.07) is 22.0. The molecular formula is C32H33BClFN4O2S. The van der Waals surface area contributed by atoms with Gasteiger partial charge in [0.05, 0.1) is 0 Å². The summed E-state index contributed by atoms with van der Waals surface area (Å²) in [7, 11) is 5.91. The maximum atomic E-state index is 13.8. The lowest BCUT2D eigenvalue weighted by atomic mass is 10.0. The first-order valence-corrected chi connectivity index (χ1v) is 15.2. The molecular weight excluding hydrogens is 570 g/mol. The van der Waals surface area contributed by atoms with E-state index in [0.29, 0.717) is 29.0 Å². The maximum Gasteiger partial charge on any atom is 0.266 e. The van der Waals surface area contributed by atoms with Crippen molar-refractivity contribution < 1.29 is 9.18 Å². The van der Waals surface area contributed by atoms with Crippen LogP contribution in [0.1, 0.15) is 25.0 Å². The molecule has 0 spiro atoms. The molecule has 0 atom stereocenters. The number of hydrogen-bond donors (Lipinski definition) is 0. The van der Waals surface area contributed by atoms with Gasteiger partial charge in [-0.05, 0) is 65.1 Å². The molecule has 1 heterocycles. The molecule has 0 unspecified atom stereocenters. The Bertz CT molecular complexity index is 1530. The Labute approximate surface area is 256 Å². The van der Waals surface area contributed by atoms with Gasteiger partial charge in [0.2, 0.25) is 5.91 Å². The van der Waals surface area contributed by atoms with Crippen LogP contribution in [0.15, 0.2) is 88.9 Å². The van der Waals surface area contributed by atoms with E-state index in [4.69, 9.17) is 19.4 Å². The zero-order valence-electron chi connectivity index (χ0n) is 23.8. The molecule has 0 aliphatic rings. The van der Waals surface area contributed by atoms with Crippen molar-refractivity contribution >= 4 is 42.6 Å². The standard InChI is InChI=1S/C32H33BClFN4O2S/c1-3-37(4-2)17-18-38(19-23-5-9-25(10-6-23)26-11-13-27(34)14-12-26)30(40)21-39-20-29(33)31(41)36-32(39)42-22-24-7-15-28(35)16-8-24/h5-16,20H,3-4,17-19,21-22H2,1-2H3. The fourth-order valence-electron chi connectivity index (χ4n) is 4.46. The lowest BCUT2D eigenvalue weighted by Gasteiger charge is -2.27. The maximum absolute atomic E-state index is 13.8. The molecule has 216 valence electrons. The second kappa shape index (κ2) is 15.2. The topological polar surface area (TPSA) is 58.4 Å². The fourth-order valence-corrected chi connectivity index (χ4v) is 5.50. The number of halogens is 2. The Morgan fingerprint density at radius 3 is 2.14 bits per heavy atom. The van der Waals surface area contributed by atoms with Gasteiger partial charge in [-0.3, -0.25) is 9.59 Å². The average molecular weight is 603 g/mol. The summed E-state index contributed by atoms with van der Waals surface area (Å²) in [4.78, 5) is 34.3. The molecule has 42 heavy (non-hydrogen) atoms. The number of carbonyl (C=O) groups is 1. The highest BCUT2D eigenvalue weighted by molar-refractivity contribution is 7.98. The van der Waals surface area contributed by atoms with E-state index in [-0.39, 0.29) is 23.7 Å². The predicted octanol–water partition coefficient (Wildman–Crippen LogP) is 5.16. The highest BCUT2D eigenvalue weighted by Crippen LogP contribution is 2.23. The highest BCUT2D eigenvalue weighted by Gasteiger charge is 2.18. The fraction of sp³-hybridized carbons (Fsp3) is 0.281. The normalized spacial score (nSPS) is 11.2. The molecule has 1 aromatic heterocycles. The van der Waals surface area contributed by atoms with Gasteiger partial charge in [0.15, 0.2) is 5.16 Å². The van der Waals surface area contributed by atoms with E-state index in [9.17, 15) is 14.0 Å². The van der Waals surface area contributed by atoms with E-state index >= 15 is 0 Å². The number of benzene rings is 3. The third-order valence-electron chi connectivity index (χ3n) is 7.01. The van der Waals surface area contributed by atoms with Gasteiger partial charge in [-0.15, -0.1) is 0 Å². The zero-order chi connectivity index (χ0) is 30.1. The van der Waals surface area contributed by atoms with E-state index in [1.54, 1.807) is 16.7 Å². The monoisotopic (exact) mass is 602 g/mol. The Morgan fingerprint density at radius 2 is 1.52 bits per heavy atom. The Morgan fingerprint density at radius 1 is 0.929 bits per heavy atom. The molecule has 0 N–H and O–H groups in total. The van der Waals surface area contributed by atoms with Crippen LogP contribution >= 0.6 is 23.4 Å². The molecule has 0 saturated carbocycles. The minimum Gasteiger partial charge on any atom is -0.336 e. The van der Waals surface area contributed by atoms with E-state index in [1.165, 1.54) is 30.1 Å². The van der Waals surface area contributed by atoms with E-state index in [2.05, 4.69) is 23.7 Å². The van der Waals surface area contributed by atoms with Gasteiger partial charge in [0.25, 0.3) is 5.56 Å². The number of aromatic nitrogens is 2. The third-order valence-corrected chi connectivity index (χ3v) is 8.32. The van der Waals surface area contributed by atoms with Crippen molar-refractivity contribution in [3.63, 3.8) is 0 Å². The van der Waals surface area contributed by atoms with Crippen molar-refractivity contribution in [2.45, 2.75) is 37.8 Å². The SMILES string of the molecule is [B]c1cn(CC(=O)N(CCN(CC)CC)Cc2ccc(-c3ccc(Cl)cc3)cc2)c(SCc2ccc(F)cc2)nc1=O. The van der Waals surface area contributed by atoms with Crippen molar-refractivity contribution in [2.75, 3.05) is 26.2 Å². The van der Waals surface area contributed by atoms with Gasteiger partial charge in [-0.2, -0.15) is 4.98 Å². The summed E-state index contributed by atoms with van der Waals surface area (Å²) in [5.41, 5.74) is 3.43. The second-order valence-electron chi connectivity index (χ2n) is 9.87. The quantitative estimate of drug-likeness (QED) is 0.120. The molecule has 4 rings (SSSR count). The van der Waals surface area contributed by atoms with Gasteiger partial charge in [-0.25, -0.2) is 4.39 Å². The molecule has 4 aromatic rings. The van der Waals surface area contributed by atoms with E-state index in [0.717, 1.165) is 41.9 Å². The number of nitrogens with zero attached hydrogens (tertiary/aromatic N) is 4. The summed E-state index contributed by atoms with van der Waals surface area (Å²) in [5, 5.41) is 1.07. The number of thioether (sulfide) groups is 1. The third kappa shape index (κ3) is 8.80. The number of hydrogen-bond acceptors (Lipinski definition) is 5. The highest BCUT2D eigenvalue weighted by atomic mass is 35.5. The first-order chi connectivity index (χ1) is 20.2. The van der Waals surface area contributed by atoms with Gasteiger partial charge in [-0.1, -0.05) is 85.7 Å². The van der Waals surface area contributed by atoms with E-state index in [1.807, 2.05) is 53.4 Å². The van der Waals surface area contributed by atoms with Crippen LogP contribution in [0.5, 0.6) is 0 Å². The molecule has 6 nitrogen and oxygen atoms in total. The van der Waals surface area contributed by atoms with Crippen molar-refractivity contribution in [1.82, 2.24) is 19.4 Å². The van der Waals surface area contributed by atoms with E-state index < -0.39 is 5.56 Å². The largest absolute Gasteiger partial charge is 0.336 e. The predicted molar refractivity (Wildman–Crippen MR) is 170 cm³/mol. The number of carbonyl (C=O) groups excluding carboxylic acids is 1. The summed E-state index contributed by atoms with van der Waals surface area (Å²) in [6.07, 6.45) is 1.48. The summed E-state index contributed by atoms with van der Waals surface area (Å²) in [6.45, 7) is 7.66. The van der Waals surface area contributed by atoms with Crippen LogP contribution in [-0.2, 0) is 23.6 Å². The van der Waals surface area contributed by atoms with Crippen molar-refractivity contribution in [2.24, 2.45) is 0 Å². The van der Waals surface area contributed by atoms with Gasteiger partial charge in [0, 0.05) is 36.6 Å². The molecule has 0 bridgehead atoms. The van der Waals surface area contributed by atoms with Crippen molar-refractivity contribution in [3.8, 4) is 11.1 Å². The minimum atomic E-state index is -0.542. The average Bonchev–Trinajstić information content (AvgIpc) is 2.99. The van der Waals surface area contributed by atoms with Crippen LogP contribution < -0.4 is 11.0 Å². The summed E-state index contributed by atoms with van der Waals surface area (Å²) < 4.78 is 15.0. The number of amides is 1. The van der Waals surface area contributed by atoms with Crippen LogP contribution in [0.25, 0.3) is 11.1 Å². The molecule has 0 saturated heterocycles. The van der Waals surface area contributed by atoms with Gasteiger partial charge >= 0.3 is 0 Å². The summed E-state index contributed by atoms with van der Waals surface area (Å²) >= 11 is 7.34. The zero-order valence-corrected chi connectivity index (χ0v) is 25.4.